The number of carbonyl (C=O) groups excluding carboxylic acids is 2. The number of aromatic nitrogens is 1. The number of sulfone groups is 1. The molecule has 1 aliphatic heterocycles. The molecule has 0 bridgehead atoms. The average molecular weight is 566 g/mol. The quantitative estimate of drug-likeness (QED) is 0.239. The van der Waals surface area contributed by atoms with E-state index in [1.807, 2.05) is 0 Å². The molecule has 0 saturated heterocycles. The second kappa shape index (κ2) is 9.71. The Bertz CT molecular complexity index is 1730. The first-order chi connectivity index (χ1) is 18.1. The van der Waals surface area contributed by atoms with Gasteiger partial charge in [0.2, 0.25) is 9.84 Å². The molecule has 0 radical (unpaired) electrons. The number of rotatable bonds is 6. The highest BCUT2D eigenvalue weighted by Gasteiger charge is 2.46. The van der Waals surface area contributed by atoms with Crippen molar-refractivity contribution >= 4 is 55.3 Å². The van der Waals surface area contributed by atoms with Crippen molar-refractivity contribution in [1.82, 2.24) is 4.98 Å². The summed E-state index contributed by atoms with van der Waals surface area (Å²) in [6.07, 6.45) is 1.16. The summed E-state index contributed by atoms with van der Waals surface area (Å²) in [6.45, 7) is 1.70. The summed E-state index contributed by atoms with van der Waals surface area (Å²) in [5.41, 5.74) is 7.39. The smallest absolute Gasteiger partial charge is 0.296 e. The second-order valence-corrected chi connectivity index (χ2v) is 12.2. The van der Waals surface area contributed by atoms with E-state index < -0.39 is 33.3 Å². The molecule has 3 aromatic carbocycles. The number of nitrogens with two attached hydrogens (primary N) is 1. The van der Waals surface area contributed by atoms with Gasteiger partial charge in [0.25, 0.3) is 5.91 Å². The number of aliphatic hydroxyl groups excluding tert-OH is 1. The Morgan fingerprint density at radius 2 is 1.82 bits per heavy atom. The lowest BCUT2D eigenvalue weighted by molar-refractivity contribution is -0.117. The van der Waals surface area contributed by atoms with Crippen LogP contribution in [0.25, 0.3) is 0 Å². The zero-order chi connectivity index (χ0) is 27.2. The zero-order valence-electron chi connectivity index (χ0n) is 19.8. The first-order valence-corrected chi connectivity index (χ1v) is 14.0. The van der Waals surface area contributed by atoms with Crippen molar-refractivity contribution in [3.63, 3.8) is 0 Å². The molecule has 1 aromatic heterocycles. The maximum atomic E-state index is 13.7. The summed E-state index contributed by atoms with van der Waals surface area (Å²) >= 11 is 7.00. The summed E-state index contributed by atoms with van der Waals surface area (Å²) in [4.78, 5) is 32.6. The highest BCUT2D eigenvalue weighted by Crippen LogP contribution is 2.44. The topological polar surface area (TPSA) is 131 Å². The van der Waals surface area contributed by atoms with E-state index in [1.165, 1.54) is 18.2 Å². The van der Waals surface area contributed by atoms with Crippen LogP contribution in [0.1, 0.15) is 27.5 Å². The van der Waals surface area contributed by atoms with E-state index in [9.17, 15) is 23.1 Å². The van der Waals surface area contributed by atoms with Crippen LogP contribution in [0.15, 0.2) is 99.4 Å². The van der Waals surface area contributed by atoms with Gasteiger partial charge >= 0.3 is 0 Å². The summed E-state index contributed by atoms with van der Waals surface area (Å²) in [6, 6.07) is 18.0. The van der Waals surface area contributed by atoms with Gasteiger partial charge in [0.05, 0.1) is 22.7 Å². The molecule has 3 N–H and O–H groups in total. The van der Waals surface area contributed by atoms with Crippen LogP contribution in [0.4, 0.5) is 10.8 Å². The number of carbonyl (C=O) groups is 2. The van der Waals surface area contributed by atoms with Gasteiger partial charge < -0.3 is 10.8 Å². The van der Waals surface area contributed by atoms with Crippen LogP contribution in [-0.2, 0) is 14.6 Å². The molecule has 192 valence electrons. The van der Waals surface area contributed by atoms with Crippen molar-refractivity contribution in [3.8, 4) is 0 Å². The molecular weight excluding hydrogens is 546 g/mol. The van der Waals surface area contributed by atoms with E-state index >= 15 is 0 Å². The van der Waals surface area contributed by atoms with Gasteiger partial charge in [-0.1, -0.05) is 53.3 Å². The normalized spacial score (nSPS) is 15.8. The number of amides is 1. The molecule has 11 heteroatoms. The predicted molar refractivity (Wildman–Crippen MR) is 145 cm³/mol. The van der Waals surface area contributed by atoms with Gasteiger partial charge in [0.15, 0.2) is 16.7 Å². The van der Waals surface area contributed by atoms with Crippen LogP contribution in [0, 0.1) is 6.92 Å². The van der Waals surface area contributed by atoms with Crippen molar-refractivity contribution in [2.75, 3.05) is 10.6 Å². The first kappa shape index (κ1) is 25.7. The van der Waals surface area contributed by atoms with Crippen LogP contribution in [0.2, 0.25) is 5.02 Å². The van der Waals surface area contributed by atoms with Crippen molar-refractivity contribution in [3.05, 3.63) is 112 Å². The number of benzene rings is 3. The molecule has 0 saturated carbocycles. The lowest BCUT2D eigenvalue weighted by Gasteiger charge is -2.25. The number of Topliss-reactive ketones (excluding diaryl/α,β-unsaturated/α-hetero) is 1. The predicted octanol–water partition coefficient (Wildman–Crippen LogP) is 5.30. The minimum Gasteiger partial charge on any atom is -0.503 e. The summed E-state index contributed by atoms with van der Waals surface area (Å²) < 4.78 is 26.2. The number of aryl methyl sites for hydroxylation is 1. The van der Waals surface area contributed by atoms with Crippen molar-refractivity contribution < 1.29 is 23.1 Å². The molecule has 5 rings (SSSR count). The van der Waals surface area contributed by atoms with E-state index in [2.05, 4.69) is 4.98 Å². The van der Waals surface area contributed by atoms with Crippen LogP contribution < -0.4 is 10.6 Å². The Balaban J connectivity index is 1.64. The SMILES string of the molecule is Cc1cc(N)ccc1C(=O)C1=C(O)C(=O)N(c2ncc(S(=O)(=O)c3ccccc3)s2)C1c1cccc(Cl)c1. The highest BCUT2D eigenvalue weighted by molar-refractivity contribution is 7.93. The fourth-order valence-corrected chi connectivity index (χ4v) is 7.08. The van der Waals surface area contributed by atoms with Crippen molar-refractivity contribution in [1.29, 1.82) is 0 Å². The average Bonchev–Trinajstić information content (AvgIpc) is 3.48. The third-order valence-corrected chi connectivity index (χ3v) is 9.57. The number of ketones is 1. The largest absolute Gasteiger partial charge is 0.503 e. The molecule has 0 aliphatic carbocycles. The Labute approximate surface area is 227 Å². The highest BCUT2D eigenvalue weighted by atomic mass is 35.5. The fraction of sp³-hybridized carbons (Fsp3) is 0.0741. The van der Waals surface area contributed by atoms with Gasteiger partial charge in [-0.2, -0.15) is 0 Å². The van der Waals surface area contributed by atoms with E-state index in [0.29, 0.717) is 21.8 Å². The summed E-state index contributed by atoms with van der Waals surface area (Å²) in [5.74, 6) is -2.21. The van der Waals surface area contributed by atoms with Crippen molar-refractivity contribution in [2.45, 2.75) is 22.1 Å². The standard InChI is InChI=1S/C27H20ClN3O5S2/c1-15-12-18(29)10-11-20(15)24(32)22-23(16-6-5-7-17(28)13-16)31(26(34)25(22)33)27-30-14-21(37-27)38(35,36)19-8-3-2-4-9-19/h2-14,23,33H,29H2,1H3. The van der Waals surface area contributed by atoms with Gasteiger partial charge in [0, 0.05) is 16.3 Å². The Hall–Kier alpha value is -3.99. The lowest BCUT2D eigenvalue weighted by atomic mass is 9.91. The molecule has 38 heavy (non-hydrogen) atoms. The molecule has 2 heterocycles. The number of halogens is 1. The Morgan fingerprint density at radius 1 is 1.08 bits per heavy atom. The number of hydrogen-bond donors (Lipinski definition) is 2. The Morgan fingerprint density at radius 3 is 2.50 bits per heavy atom. The van der Waals surface area contributed by atoms with Gasteiger partial charge in [-0.25, -0.2) is 13.4 Å². The summed E-state index contributed by atoms with van der Waals surface area (Å²) in [5, 5.41) is 11.3. The number of aliphatic hydroxyl groups is 1. The van der Waals surface area contributed by atoms with Crippen LogP contribution in [0.5, 0.6) is 0 Å². The molecule has 0 fully saturated rings. The first-order valence-electron chi connectivity index (χ1n) is 11.3. The van der Waals surface area contributed by atoms with E-state index in [-0.39, 0.29) is 25.4 Å². The fourth-order valence-electron chi connectivity index (χ4n) is 4.32. The molecule has 1 aliphatic rings. The van der Waals surface area contributed by atoms with Crippen LogP contribution in [-0.4, -0.2) is 30.2 Å². The molecule has 1 atom stereocenters. The minimum atomic E-state index is -3.91. The van der Waals surface area contributed by atoms with E-state index in [1.54, 1.807) is 61.5 Å². The zero-order valence-corrected chi connectivity index (χ0v) is 22.2. The van der Waals surface area contributed by atoms with Gasteiger partial charge in [-0.15, -0.1) is 0 Å². The molecule has 1 unspecified atom stereocenters. The maximum Gasteiger partial charge on any atom is 0.296 e. The number of hydrogen-bond acceptors (Lipinski definition) is 8. The number of anilines is 2. The van der Waals surface area contributed by atoms with E-state index in [0.717, 1.165) is 22.4 Å². The number of nitrogens with zero attached hydrogens (tertiary/aromatic N) is 2. The number of thiazole rings is 1. The maximum absolute atomic E-state index is 13.7. The van der Waals surface area contributed by atoms with Crippen LogP contribution in [0.3, 0.4) is 0 Å². The third kappa shape index (κ3) is 4.36. The van der Waals surface area contributed by atoms with Crippen LogP contribution >= 0.6 is 22.9 Å². The van der Waals surface area contributed by atoms with E-state index in [4.69, 9.17) is 17.3 Å². The van der Waals surface area contributed by atoms with Gasteiger partial charge in [-0.3, -0.25) is 14.5 Å². The molecule has 1 amide bonds. The second-order valence-electron chi connectivity index (χ2n) is 8.58. The molecule has 8 nitrogen and oxygen atoms in total. The molecular formula is C27H20ClN3O5S2. The lowest BCUT2D eigenvalue weighted by Crippen LogP contribution is -2.31. The Kier molecular flexibility index (Phi) is 6.56. The molecule has 4 aromatic rings. The monoisotopic (exact) mass is 565 g/mol. The van der Waals surface area contributed by atoms with Crippen molar-refractivity contribution in [2.24, 2.45) is 0 Å². The molecule has 0 spiro atoms. The summed E-state index contributed by atoms with van der Waals surface area (Å²) in [7, 11) is -3.91. The van der Waals surface area contributed by atoms with Gasteiger partial charge in [0.1, 0.15) is 4.21 Å². The number of nitrogen functional groups attached to an aromatic ring is 1. The third-order valence-electron chi connectivity index (χ3n) is 6.11. The minimum absolute atomic E-state index is 0.00198. The van der Waals surface area contributed by atoms with Gasteiger partial charge in [-0.05, 0) is 60.5 Å².